The van der Waals surface area contributed by atoms with E-state index < -0.39 is 0 Å². The molecule has 0 bridgehead atoms. The maximum Gasteiger partial charge on any atom is 0.275 e. The number of methoxy groups -OCH3 is 1. The van der Waals surface area contributed by atoms with E-state index in [0.717, 1.165) is 28.3 Å². The Morgan fingerprint density at radius 2 is 1.86 bits per heavy atom. The molecule has 6 nitrogen and oxygen atoms in total. The van der Waals surface area contributed by atoms with Gasteiger partial charge in [0.2, 0.25) is 5.91 Å². The van der Waals surface area contributed by atoms with E-state index in [4.69, 9.17) is 4.74 Å². The fraction of sp³-hybridized carbons (Fsp3) is 0.227. The number of hydrogen-bond donors (Lipinski definition) is 2. The first-order valence-electron chi connectivity index (χ1n) is 9.27. The van der Waals surface area contributed by atoms with Gasteiger partial charge in [0.25, 0.3) is 5.91 Å². The lowest BCUT2D eigenvalue weighted by Crippen LogP contribution is -2.14. The fourth-order valence-electron chi connectivity index (χ4n) is 2.88. The number of nitrogens with zero attached hydrogens (tertiary/aromatic N) is 1. The van der Waals surface area contributed by atoms with Crippen LogP contribution in [0.1, 0.15) is 40.5 Å². The lowest BCUT2D eigenvalue weighted by atomic mass is 10.1. The van der Waals surface area contributed by atoms with Crippen molar-refractivity contribution in [2.45, 2.75) is 26.7 Å². The van der Waals surface area contributed by atoms with Gasteiger partial charge in [-0.15, -0.1) is 11.3 Å². The molecule has 0 aliphatic heterocycles. The highest BCUT2D eigenvalue weighted by molar-refractivity contribution is 7.09. The number of amides is 2. The maximum absolute atomic E-state index is 12.7. The molecular formula is C22H23N3O3S. The summed E-state index contributed by atoms with van der Waals surface area (Å²) in [6.07, 6.45) is 1.41. The van der Waals surface area contributed by atoms with Gasteiger partial charge in [-0.1, -0.05) is 25.1 Å². The van der Waals surface area contributed by atoms with Crippen LogP contribution in [0.25, 0.3) is 0 Å². The average Bonchev–Trinajstić information content (AvgIpc) is 3.17. The predicted molar refractivity (Wildman–Crippen MR) is 116 cm³/mol. The van der Waals surface area contributed by atoms with Crippen molar-refractivity contribution in [2.75, 3.05) is 17.7 Å². The van der Waals surface area contributed by atoms with Crippen LogP contribution in [0.5, 0.6) is 5.75 Å². The molecule has 7 heteroatoms. The average molecular weight is 410 g/mol. The third kappa shape index (κ3) is 5.42. The summed E-state index contributed by atoms with van der Waals surface area (Å²) in [4.78, 5) is 28.5. The van der Waals surface area contributed by atoms with Crippen molar-refractivity contribution in [1.82, 2.24) is 4.98 Å². The number of anilines is 2. The number of aryl methyl sites for hydroxylation is 1. The van der Waals surface area contributed by atoms with Crippen molar-refractivity contribution in [3.63, 3.8) is 0 Å². The van der Waals surface area contributed by atoms with E-state index in [1.165, 1.54) is 18.3 Å². The molecule has 3 rings (SSSR count). The molecule has 0 aliphatic rings. The number of aromatic nitrogens is 1. The van der Waals surface area contributed by atoms with Crippen molar-refractivity contribution in [3.05, 3.63) is 69.7 Å². The quantitative estimate of drug-likeness (QED) is 0.601. The summed E-state index contributed by atoms with van der Waals surface area (Å²) in [6, 6.07) is 13.3. The van der Waals surface area contributed by atoms with E-state index in [9.17, 15) is 9.59 Å². The Kier molecular flexibility index (Phi) is 6.61. The summed E-state index contributed by atoms with van der Waals surface area (Å²) in [5.41, 5.74) is 3.78. The summed E-state index contributed by atoms with van der Waals surface area (Å²) in [5.74, 6) is 0.382. The van der Waals surface area contributed by atoms with Gasteiger partial charge in [0.1, 0.15) is 11.4 Å². The Labute approximate surface area is 173 Å². The molecule has 2 amide bonds. The van der Waals surface area contributed by atoms with Crippen molar-refractivity contribution < 1.29 is 14.3 Å². The van der Waals surface area contributed by atoms with E-state index in [0.29, 0.717) is 23.5 Å². The molecule has 0 unspecified atom stereocenters. The molecule has 0 spiro atoms. The zero-order valence-electron chi connectivity index (χ0n) is 16.6. The lowest BCUT2D eigenvalue weighted by Gasteiger charge is -2.11. The van der Waals surface area contributed by atoms with Crippen LogP contribution < -0.4 is 15.4 Å². The zero-order valence-corrected chi connectivity index (χ0v) is 17.4. The van der Waals surface area contributed by atoms with Gasteiger partial charge in [0.15, 0.2) is 0 Å². The second-order valence-corrected chi connectivity index (χ2v) is 7.45. The summed E-state index contributed by atoms with van der Waals surface area (Å²) < 4.78 is 5.17. The van der Waals surface area contributed by atoms with Gasteiger partial charge in [0, 0.05) is 30.1 Å². The lowest BCUT2D eigenvalue weighted by molar-refractivity contribution is -0.114. The minimum absolute atomic E-state index is 0.158. The van der Waals surface area contributed by atoms with E-state index in [1.807, 2.05) is 43.3 Å². The SMILES string of the molecule is CCc1ccc(NC(C)=O)cc1NC(=O)c1csc(Cc2ccc(OC)cc2)n1. The van der Waals surface area contributed by atoms with Gasteiger partial charge in [-0.25, -0.2) is 4.98 Å². The predicted octanol–water partition coefficient (Wildman–Crippen LogP) is 4.52. The molecule has 0 saturated heterocycles. The number of nitrogens with one attached hydrogen (secondary N) is 2. The molecule has 150 valence electrons. The number of benzene rings is 2. The smallest absolute Gasteiger partial charge is 0.275 e. The molecule has 0 saturated carbocycles. The van der Waals surface area contributed by atoms with Crippen molar-refractivity contribution in [3.8, 4) is 5.75 Å². The first-order valence-corrected chi connectivity index (χ1v) is 10.2. The summed E-state index contributed by atoms with van der Waals surface area (Å²) in [6.45, 7) is 3.46. The second-order valence-electron chi connectivity index (χ2n) is 6.51. The largest absolute Gasteiger partial charge is 0.497 e. The molecule has 0 aliphatic carbocycles. The topological polar surface area (TPSA) is 80.3 Å². The van der Waals surface area contributed by atoms with Crippen molar-refractivity contribution >= 4 is 34.5 Å². The molecule has 1 heterocycles. The van der Waals surface area contributed by atoms with Crippen LogP contribution in [-0.2, 0) is 17.6 Å². The molecule has 3 aromatic rings. The van der Waals surface area contributed by atoms with E-state index in [1.54, 1.807) is 18.6 Å². The highest BCUT2D eigenvalue weighted by Gasteiger charge is 2.14. The Hall–Kier alpha value is -3.19. The number of rotatable bonds is 7. The van der Waals surface area contributed by atoms with Crippen LogP contribution in [0.3, 0.4) is 0 Å². The monoisotopic (exact) mass is 409 g/mol. The van der Waals surface area contributed by atoms with Crippen LogP contribution >= 0.6 is 11.3 Å². The second kappa shape index (κ2) is 9.34. The number of ether oxygens (including phenoxy) is 1. The standard InChI is InChI=1S/C22H23N3O3S/c1-4-16-7-8-17(23-14(2)26)12-19(16)25-22(27)20-13-29-21(24-20)11-15-5-9-18(28-3)10-6-15/h5-10,12-13H,4,11H2,1-3H3,(H,23,26)(H,25,27). The third-order valence-electron chi connectivity index (χ3n) is 4.36. The first-order chi connectivity index (χ1) is 14.0. The minimum Gasteiger partial charge on any atom is -0.497 e. The zero-order chi connectivity index (χ0) is 20.8. The summed E-state index contributed by atoms with van der Waals surface area (Å²) in [7, 11) is 1.64. The minimum atomic E-state index is -0.267. The number of carbonyl (C=O) groups excluding carboxylic acids is 2. The van der Waals surface area contributed by atoms with Crippen LogP contribution in [0.2, 0.25) is 0 Å². The van der Waals surface area contributed by atoms with Crippen LogP contribution in [0.4, 0.5) is 11.4 Å². The van der Waals surface area contributed by atoms with Gasteiger partial charge >= 0.3 is 0 Å². The van der Waals surface area contributed by atoms with E-state index >= 15 is 0 Å². The molecule has 2 N–H and O–H groups in total. The van der Waals surface area contributed by atoms with Gasteiger partial charge in [-0.3, -0.25) is 9.59 Å². The molecular weight excluding hydrogens is 386 g/mol. The van der Waals surface area contributed by atoms with Crippen molar-refractivity contribution in [1.29, 1.82) is 0 Å². The highest BCUT2D eigenvalue weighted by Crippen LogP contribution is 2.23. The first kappa shape index (κ1) is 20.5. The Bertz CT molecular complexity index is 1010. The van der Waals surface area contributed by atoms with Crippen LogP contribution in [0, 0.1) is 0 Å². The van der Waals surface area contributed by atoms with Crippen LogP contribution in [-0.4, -0.2) is 23.9 Å². The molecule has 29 heavy (non-hydrogen) atoms. The van der Waals surface area contributed by atoms with Gasteiger partial charge in [0.05, 0.1) is 12.1 Å². The third-order valence-corrected chi connectivity index (χ3v) is 5.21. The van der Waals surface area contributed by atoms with Gasteiger partial charge < -0.3 is 15.4 Å². The van der Waals surface area contributed by atoms with Crippen molar-refractivity contribution in [2.24, 2.45) is 0 Å². The van der Waals surface area contributed by atoms with E-state index in [-0.39, 0.29) is 11.8 Å². The fourth-order valence-corrected chi connectivity index (χ4v) is 3.69. The molecule has 2 aromatic carbocycles. The van der Waals surface area contributed by atoms with Gasteiger partial charge in [-0.05, 0) is 41.8 Å². The molecule has 0 atom stereocenters. The summed E-state index contributed by atoms with van der Waals surface area (Å²) in [5, 5.41) is 8.28. The Balaban J connectivity index is 1.72. The maximum atomic E-state index is 12.7. The molecule has 0 radical (unpaired) electrons. The molecule has 1 aromatic heterocycles. The van der Waals surface area contributed by atoms with Gasteiger partial charge in [-0.2, -0.15) is 0 Å². The Morgan fingerprint density at radius 1 is 1.10 bits per heavy atom. The molecule has 0 fully saturated rings. The Morgan fingerprint density at radius 3 is 2.52 bits per heavy atom. The normalized spacial score (nSPS) is 10.4. The summed E-state index contributed by atoms with van der Waals surface area (Å²) >= 11 is 1.45. The number of hydrogen-bond acceptors (Lipinski definition) is 5. The number of thiazole rings is 1. The van der Waals surface area contributed by atoms with E-state index in [2.05, 4.69) is 15.6 Å². The number of carbonyl (C=O) groups is 2. The highest BCUT2D eigenvalue weighted by atomic mass is 32.1. The van der Waals surface area contributed by atoms with Crippen LogP contribution in [0.15, 0.2) is 47.8 Å².